The van der Waals surface area contributed by atoms with E-state index in [1.165, 1.54) is 11.3 Å². The number of halogens is 1. The molecule has 1 amide bonds. The summed E-state index contributed by atoms with van der Waals surface area (Å²) in [5, 5.41) is 1.72. The first kappa shape index (κ1) is 20.8. The first-order valence-corrected chi connectivity index (χ1v) is 11.6. The first-order chi connectivity index (χ1) is 14.5. The van der Waals surface area contributed by atoms with Gasteiger partial charge in [-0.2, -0.15) is 0 Å². The zero-order chi connectivity index (χ0) is 21.1. The molecule has 0 unspecified atom stereocenters. The molecule has 0 bridgehead atoms. The quantitative estimate of drug-likeness (QED) is 0.305. The number of hydrogen-bond donors (Lipinski definition) is 0. The van der Waals surface area contributed by atoms with Crippen molar-refractivity contribution in [2.24, 2.45) is 0 Å². The molecule has 0 aliphatic rings. The van der Waals surface area contributed by atoms with E-state index >= 15 is 0 Å². The van der Waals surface area contributed by atoms with Crippen LogP contribution in [0.3, 0.4) is 0 Å². The van der Waals surface area contributed by atoms with Gasteiger partial charge in [0.1, 0.15) is 0 Å². The maximum atomic E-state index is 13.6. The van der Waals surface area contributed by atoms with Crippen LogP contribution in [-0.4, -0.2) is 21.1 Å². The lowest BCUT2D eigenvalue weighted by Gasteiger charge is -2.20. The lowest BCUT2D eigenvalue weighted by molar-refractivity contribution is 0.0984. The van der Waals surface area contributed by atoms with Gasteiger partial charge in [0.15, 0.2) is 5.13 Å². The van der Waals surface area contributed by atoms with E-state index in [9.17, 15) is 4.79 Å². The molecular formula is C23H20ClN3OS2. The minimum Gasteiger partial charge on any atom is -0.278 e. The fraction of sp³-hybridized carbons (Fsp3) is 0.174. The minimum absolute atomic E-state index is 0.1000. The Morgan fingerprint density at radius 2 is 2.00 bits per heavy atom. The van der Waals surface area contributed by atoms with Gasteiger partial charge in [-0.25, -0.2) is 4.98 Å². The second-order valence-electron chi connectivity index (χ2n) is 7.02. The molecule has 4 aromatic rings. The maximum Gasteiger partial charge on any atom is 0.260 e. The highest BCUT2D eigenvalue weighted by Gasteiger charge is 2.22. The van der Waals surface area contributed by atoms with Crippen molar-refractivity contribution >= 4 is 56.0 Å². The number of hydrogen-bond acceptors (Lipinski definition) is 5. The lowest BCUT2D eigenvalue weighted by atomic mass is 10.2. The van der Waals surface area contributed by atoms with Gasteiger partial charge in [0.2, 0.25) is 0 Å². The van der Waals surface area contributed by atoms with Crippen molar-refractivity contribution in [3.05, 3.63) is 83.1 Å². The van der Waals surface area contributed by atoms with Gasteiger partial charge >= 0.3 is 0 Å². The van der Waals surface area contributed by atoms with Crippen molar-refractivity contribution in [2.45, 2.75) is 30.5 Å². The second kappa shape index (κ2) is 9.16. The van der Waals surface area contributed by atoms with Crippen molar-refractivity contribution in [3.8, 4) is 0 Å². The summed E-state index contributed by atoms with van der Waals surface area (Å²) < 4.78 is 0.945. The SMILES string of the molecule is CC(C)Sc1cccc(C(=O)N(Cc2ccccn2)c2nc3ccc(Cl)cc3s2)c1. The number of anilines is 1. The van der Waals surface area contributed by atoms with E-state index in [0.717, 1.165) is 20.8 Å². The maximum absolute atomic E-state index is 13.6. The molecular weight excluding hydrogens is 434 g/mol. The third-order valence-corrected chi connectivity index (χ3v) is 6.59. The molecule has 0 radical (unpaired) electrons. The van der Waals surface area contributed by atoms with Crippen molar-refractivity contribution in [1.29, 1.82) is 0 Å². The average molecular weight is 454 g/mol. The van der Waals surface area contributed by atoms with E-state index in [1.807, 2.05) is 60.7 Å². The number of thioether (sulfide) groups is 1. The Morgan fingerprint density at radius 3 is 2.77 bits per heavy atom. The molecule has 0 spiro atoms. The number of thiazole rings is 1. The van der Waals surface area contributed by atoms with Gasteiger partial charge in [0, 0.05) is 26.9 Å². The Hall–Kier alpha value is -2.41. The summed E-state index contributed by atoms with van der Waals surface area (Å²) in [5.74, 6) is -0.1000. The number of carbonyl (C=O) groups is 1. The number of fused-ring (bicyclic) bond motifs is 1. The molecule has 2 aromatic heterocycles. The highest BCUT2D eigenvalue weighted by molar-refractivity contribution is 7.99. The van der Waals surface area contributed by atoms with Crippen LogP contribution in [0, 0.1) is 0 Å². The fourth-order valence-corrected chi connectivity index (χ4v) is 5.15. The molecule has 30 heavy (non-hydrogen) atoms. The normalized spacial score (nSPS) is 11.2. The molecule has 152 valence electrons. The Labute approximate surface area is 188 Å². The lowest BCUT2D eigenvalue weighted by Crippen LogP contribution is -2.30. The van der Waals surface area contributed by atoms with E-state index in [4.69, 9.17) is 16.6 Å². The van der Waals surface area contributed by atoms with E-state index in [-0.39, 0.29) is 5.91 Å². The predicted molar refractivity (Wildman–Crippen MR) is 127 cm³/mol. The van der Waals surface area contributed by atoms with Crippen LogP contribution >= 0.6 is 34.7 Å². The smallest absolute Gasteiger partial charge is 0.260 e. The molecule has 4 rings (SSSR count). The number of carbonyl (C=O) groups excluding carboxylic acids is 1. The Balaban J connectivity index is 1.73. The van der Waals surface area contributed by atoms with E-state index in [0.29, 0.717) is 27.5 Å². The van der Waals surface area contributed by atoms with Gasteiger partial charge in [-0.15, -0.1) is 11.8 Å². The first-order valence-electron chi connectivity index (χ1n) is 9.54. The van der Waals surface area contributed by atoms with Gasteiger partial charge in [0.25, 0.3) is 5.91 Å². The van der Waals surface area contributed by atoms with Gasteiger partial charge in [0.05, 0.1) is 22.5 Å². The summed E-state index contributed by atoms with van der Waals surface area (Å²) in [4.78, 5) is 25.4. The van der Waals surface area contributed by atoms with E-state index in [1.54, 1.807) is 22.9 Å². The van der Waals surface area contributed by atoms with Crippen LogP contribution < -0.4 is 4.90 Å². The molecule has 2 aromatic carbocycles. The van der Waals surface area contributed by atoms with Crippen LogP contribution in [0.1, 0.15) is 29.9 Å². The second-order valence-corrected chi connectivity index (χ2v) is 10.1. The van der Waals surface area contributed by atoms with Gasteiger partial charge < -0.3 is 0 Å². The number of nitrogens with zero attached hydrogens (tertiary/aromatic N) is 3. The molecule has 0 aliphatic heterocycles. The highest BCUT2D eigenvalue weighted by atomic mass is 35.5. The van der Waals surface area contributed by atoms with Crippen LogP contribution in [0.2, 0.25) is 5.02 Å². The monoisotopic (exact) mass is 453 g/mol. The van der Waals surface area contributed by atoms with Gasteiger partial charge in [-0.1, -0.05) is 48.9 Å². The van der Waals surface area contributed by atoms with Crippen LogP contribution in [0.25, 0.3) is 10.2 Å². The summed E-state index contributed by atoms with van der Waals surface area (Å²) in [6.45, 7) is 4.62. The molecule has 0 fully saturated rings. The summed E-state index contributed by atoms with van der Waals surface area (Å²) >= 11 is 9.33. The zero-order valence-electron chi connectivity index (χ0n) is 16.6. The molecule has 0 saturated carbocycles. The van der Waals surface area contributed by atoms with E-state index in [2.05, 4.69) is 18.8 Å². The molecule has 0 N–H and O–H groups in total. The summed E-state index contributed by atoms with van der Waals surface area (Å²) in [7, 11) is 0. The highest BCUT2D eigenvalue weighted by Crippen LogP contribution is 2.33. The summed E-state index contributed by atoms with van der Waals surface area (Å²) in [6, 6.07) is 19.0. The van der Waals surface area contributed by atoms with Crippen molar-refractivity contribution < 1.29 is 4.79 Å². The fourth-order valence-electron chi connectivity index (χ4n) is 3.01. The largest absolute Gasteiger partial charge is 0.278 e. The molecule has 0 atom stereocenters. The zero-order valence-corrected chi connectivity index (χ0v) is 19.0. The Bertz CT molecular complexity index is 1180. The van der Waals surface area contributed by atoms with Crippen molar-refractivity contribution in [3.63, 3.8) is 0 Å². The number of amides is 1. The van der Waals surface area contributed by atoms with Crippen molar-refractivity contribution in [2.75, 3.05) is 4.90 Å². The summed E-state index contributed by atoms with van der Waals surface area (Å²) in [6.07, 6.45) is 1.73. The van der Waals surface area contributed by atoms with Crippen LogP contribution in [0.4, 0.5) is 5.13 Å². The minimum atomic E-state index is -0.1000. The molecule has 7 heteroatoms. The average Bonchev–Trinajstić information content (AvgIpc) is 3.15. The summed E-state index contributed by atoms with van der Waals surface area (Å²) in [5.41, 5.74) is 2.26. The van der Waals surface area contributed by atoms with Crippen molar-refractivity contribution in [1.82, 2.24) is 9.97 Å². The van der Waals surface area contributed by atoms with E-state index < -0.39 is 0 Å². The van der Waals surface area contributed by atoms with Crippen LogP contribution in [-0.2, 0) is 6.54 Å². The number of pyridine rings is 1. The van der Waals surface area contributed by atoms with Gasteiger partial charge in [-0.3, -0.25) is 14.7 Å². The van der Waals surface area contributed by atoms with Crippen LogP contribution in [0.5, 0.6) is 0 Å². The molecule has 0 saturated heterocycles. The third-order valence-electron chi connectivity index (χ3n) is 4.31. The Morgan fingerprint density at radius 1 is 1.13 bits per heavy atom. The number of benzene rings is 2. The number of rotatable bonds is 6. The number of aromatic nitrogens is 2. The Kier molecular flexibility index (Phi) is 6.37. The standard InChI is InChI=1S/C23H20ClN3OS2/c1-15(2)29-19-8-5-6-16(12-19)22(28)27(14-18-7-3-4-11-25-18)23-26-20-10-9-17(24)13-21(20)30-23/h3-13,15H,14H2,1-2H3. The predicted octanol–water partition coefficient (Wildman–Crippen LogP) is 6.69. The molecule has 4 nitrogen and oxygen atoms in total. The topological polar surface area (TPSA) is 46.1 Å². The van der Waals surface area contributed by atoms with Gasteiger partial charge in [-0.05, 0) is 48.5 Å². The third kappa shape index (κ3) is 4.83. The molecule has 0 aliphatic carbocycles. The molecule has 2 heterocycles. The van der Waals surface area contributed by atoms with Crippen LogP contribution in [0.15, 0.2) is 71.8 Å².